The molecule has 0 N–H and O–H groups in total. The highest BCUT2D eigenvalue weighted by Crippen LogP contribution is 2.35. The van der Waals surface area contributed by atoms with Gasteiger partial charge in [-0.2, -0.15) is 0 Å². The number of hydrogen-bond donors (Lipinski definition) is 0. The number of aromatic nitrogens is 1. The molecule has 0 radical (unpaired) electrons. The molecule has 4 rings (SSSR count). The average molecular weight is 373 g/mol. The van der Waals surface area contributed by atoms with Crippen LogP contribution in [-0.4, -0.2) is 30.1 Å². The van der Waals surface area contributed by atoms with Crippen LogP contribution in [0.4, 0.5) is 5.13 Å². The van der Waals surface area contributed by atoms with Crippen LogP contribution >= 0.6 is 11.3 Å². The summed E-state index contributed by atoms with van der Waals surface area (Å²) < 4.78 is 7.01. The van der Waals surface area contributed by atoms with E-state index in [1.807, 2.05) is 4.90 Å². The first-order valence-corrected chi connectivity index (χ1v) is 10.7. The molecule has 140 valence electrons. The number of carbonyl (C=O) groups excluding carboxylic acids is 1. The van der Waals surface area contributed by atoms with Gasteiger partial charge in [-0.15, -0.1) is 0 Å². The molecule has 4 nitrogen and oxygen atoms in total. The van der Waals surface area contributed by atoms with Gasteiger partial charge in [0.15, 0.2) is 5.13 Å². The Morgan fingerprint density at radius 2 is 2.00 bits per heavy atom. The normalized spacial score (nSPS) is 21.4. The van der Waals surface area contributed by atoms with Crippen molar-refractivity contribution in [1.82, 2.24) is 4.98 Å². The molecule has 1 saturated heterocycles. The summed E-state index contributed by atoms with van der Waals surface area (Å²) in [5, 5.41) is 0.847. The predicted molar refractivity (Wildman–Crippen MR) is 107 cm³/mol. The van der Waals surface area contributed by atoms with E-state index in [0.717, 1.165) is 42.9 Å². The number of thiazole rings is 1. The van der Waals surface area contributed by atoms with Gasteiger partial charge in [0.05, 0.1) is 22.9 Å². The SMILES string of the molecule is Cc1cc(C)c2nc(N(CC3CCCO3)C(=O)C3CCCCC3)sc2c1. The molecule has 26 heavy (non-hydrogen) atoms. The number of amides is 1. The third-order valence-electron chi connectivity index (χ3n) is 5.68. The molecule has 2 heterocycles. The molecule has 2 aliphatic rings. The summed E-state index contributed by atoms with van der Waals surface area (Å²) in [4.78, 5) is 20.2. The molecule has 1 aromatic heterocycles. The third-order valence-corrected chi connectivity index (χ3v) is 6.71. The van der Waals surface area contributed by atoms with Gasteiger partial charge in [-0.05, 0) is 56.7 Å². The topological polar surface area (TPSA) is 42.4 Å². The fourth-order valence-electron chi connectivity index (χ4n) is 4.30. The quantitative estimate of drug-likeness (QED) is 0.758. The predicted octanol–water partition coefficient (Wildman–Crippen LogP) is 5.01. The van der Waals surface area contributed by atoms with Crippen molar-refractivity contribution >= 4 is 32.6 Å². The number of fused-ring (bicyclic) bond motifs is 1. The second kappa shape index (κ2) is 7.65. The smallest absolute Gasteiger partial charge is 0.231 e. The van der Waals surface area contributed by atoms with Gasteiger partial charge in [-0.3, -0.25) is 9.69 Å². The summed E-state index contributed by atoms with van der Waals surface area (Å²) in [6, 6.07) is 4.35. The molecule has 1 aliphatic heterocycles. The van der Waals surface area contributed by atoms with E-state index in [4.69, 9.17) is 9.72 Å². The number of rotatable bonds is 4. The Balaban J connectivity index is 1.67. The van der Waals surface area contributed by atoms with Gasteiger partial charge in [0.25, 0.3) is 0 Å². The number of benzene rings is 1. The highest BCUT2D eigenvalue weighted by molar-refractivity contribution is 7.22. The Morgan fingerprint density at radius 3 is 2.73 bits per heavy atom. The van der Waals surface area contributed by atoms with E-state index >= 15 is 0 Å². The summed E-state index contributed by atoms with van der Waals surface area (Å²) in [5.41, 5.74) is 3.46. The van der Waals surface area contributed by atoms with Crippen molar-refractivity contribution in [2.45, 2.75) is 64.9 Å². The maximum Gasteiger partial charge on any atom is 0.231 e. The molecular weight excluding hydrogens is 344 g/mol. The molecule has 5 heteroatoms. The van der Waals surface area contributed by atoms with Gasteiger partial charge in [0.1, 0.15) is 0 Å². The summed E-state index contributed by atoms with van der Waals surface area (Å²) in [6.45, 7) is 5.68. The molecular formula is C21H28N2O2S. The van der Waals surface area contributed by atoms with Crippen molar-refractivity contribution in [1.29, 1.82) is 0 Å². The highest BCUT2D eigenvalue weighted by Gasteiger charge is 2.31. The van der Waals surface area contributed by atoms with Crippen LogP contribution < -0.4 is 4.90 Å². The van der Waals surface area contributed by atoms with Crippen molar-refractivity contribution in [3.8, 4) is 0 Å². The highest BCUT2D eigenvalue weighted by atomic mass is 32.1. The van der Waals surface area contributed by atoms with E-state index in [-0.39, 0.29) is 17.9 Å². The third kappa shape index (κ3) is 3.65. The van der Waals surface area contributed by atoms with Gasteiger partial charge in [-0.1, -0.05) is 36.7 Å². The summed E-state index contributed by atoms with van der Waals surface area (Å²) >= 11 is 1.65. The van der Waals surface area contributed by atoms with Crippen molar-refractivity contribution in [2.24, 2.45) is 5.92 Å². The molecule has 1 unspecified atom stereocenters. The standard InChI is InChI=1S/C21H28N2O2S/c1-14-11-15(2)19-18(12-14)26-21(22-19)23(13-17-9-6-10-25-17)20(24)16-7-4-3-5-8-16/h11-12,16-17H,3-10,13H2,1-2H3. The zero-order valence-corrected chi connectivity index (χ0v) is 16.6. The number of nitrogens with zero attached hydrogens (tertiary/aromatic N) is 2. The Morgan fingerprint density at radius 1 is 1.19 bits per heavy atom. The van der Waals surface area contributed by atoms with Crippen molar-refractivity contribution in [3.05, 3.63) is 23.3 Å². The Labute approximate surface area is 159 Å². The van der Waals surface area contributed by atoms with E-state index in [1.165, 1.54) is 35.1 Å². The number of carbonyl (C=O) groups is 1. The molecule has 1 saturated carbocycles. The van der Waals surface area contributed by atoms with Crippen LogP contribution in [0.5, 0.6) is 0 Å². The lowest BCUT2D eigenvalue weighted by atomic mass is 9.88. The zero-order valence-electron chi connectivity index (χ0n) is 15.8. The maximum absolute atomic E-state index is 13.4. The lowest BCUT2D eigenvalue weighted by molar-refractivity contribution is -0.123. The minimum Gasteiger partial charge on any atom is -0.376 e. The molecule has 1 amide bonds. The summed E-state index contributed by atoms with van der Waals surface area (Å²) in [5.74, 6) is 0.411. The monoisotopic (exact) mass is 372 g/mol. The van der Waals surface area contributed by atoms with E-state index in [9.17, 15) is 4.79 Å². The van der Waals surface area contributed by atoms with Crippen LogP contribution in [0.1, 0.15) is 56.1 Å². The molecule has 0 bridgehead atoms. The zero-order chi connectivity index (χ0) is 18.1. The average Bonchev–Trinajstić information content (AvgIpc) is 3.29. The largest absolute Gasteiger partial charge is 0.376 e. The second-order valence-electron chi connectivity index (χ2n) is 7.84. The number of aryl methyl sites for hydroxylation is 2. The Kier molecular flexibility index (Phi) is 5.28. The molecule has 0 spiro atoms. The number of ether oxygens (including phenoxy) is 1. The van der Waals surface area contributed by atoms with Crippen LogP contribution in [0.2, 0.25) is 0 Å². The van der Waals surface area contributed by atoms with Gasteiger partial charge in [0, 0.05) is 12.5 Å². The second-order valence-corrected chi connectivity index (χ2v) is 8.85. The van der Waals surface area contributed by atoms with Gasteiger partial charge >= 0.3 is 0 Å². The molecule has 2 fully saturated rings. The fourth-order valence-corrected chi connectivity index (χ4v) is 5.46. The van der Waals surface area contributed by atoms with E-state index in [2.05, 4.69) is 26.0 Å². The molecule has 1 atom stereocenters. The Bertz CT molecular complexity index is 789. The lowest BCUT2D eigenvalue weighted by Gasteiger charge is -2.29. The first-order valence-electron chi connectivity index (χ1n) is 9.92. The lowest BCUT2D eigenvalue weighted by Crippen LogP contribution is -2.41. The van der Waals surface area contributed by atoms with Gasteiger partial charge in [0.2, 0.25) is 5.91 Å². The first kappa shape index (κ1) is 17.9. The van der Waals surface area contributed by atoms with E-state index < -0.39 is 0 Å². The maximum atomic E-state index is 13.4. The number of anilines is 1. The van der Waals surface area contributed by atoms with Gasteiger partial charge in [-0.25, -0.2) is 4.98 Å². The van der Waals surface area contributed by atoms with Crippen molar-refractivity contribution < 1.29 is 9.53 Å². The Hall–Kier alpha value is -1.46. The van der Waals surface area contributed by atoms with E-state index in [1.54, 1.807) is 11.3 Å². The molecule has 1 aromatic carbocycles. The minimum atomic E-state index is 0.150. The van der Waals surface area contributed by atoms with Crippen molar-refractivity contribution in [3.63, 3.8) is 0 Å². The van der Waals surface area contributed by atoms with Crippen LogP contribution in [0.3, 0.4) is 0 Å². The van der Waals surface area contributed by atoms with Crippen LogP contribution in [0.25, 0.3) is 10.2 Å². The fraction of sp³-hybridized carbons (Fsp3) is 0.619. The molecule has 2 aromatic rings. The summed E-state index contributed by atoms with van der Waals surface area (Å²) in [7, 11) is 0. The first-order chi connectivity index (χ1) is 12.6. The van der Waals surface area contributed by atoms with Gasteiger partial charge < -0.3 is 4.74 Å². The molecule has 1 aliphatic carbocycles. The van der Waals surface area contributed by atoms with Crippen LogP contribution in [0, 0.1) is 19.8 Å². The number of hydrogen-bond acceptors (Lipinski definition) is 4. The van der Waals surface area contributed by atoms with Crippen LogP contribution in [-0.2, 0) is 9.53 Å². The van der Waals surface area contributed by atoms with Crippen LogP contribution in [0.15, 0.2) is 12.1 Å². The minimum absolute atomic E-state index is 0.150. The summed E-state index contributed by atoms with van der Waals surface area (Å²) in [6.07, 6.45) is 7.91. The van der Waals surface area contributed by atoms with Crippen molar-refractivity contribution in [2.75, 3.05) is 18.1 Å². The van der Waals surface area contributed by atoms with E-state index in [0.29, 0.717) is 6.54 Å².